The molecule has 0 aliphatic heterocycles. The van der Waals surface area contributed by atoms with Gasteiger partial charge in [-0.3, -0.25) is 0 Å². The Balaban J connectivity index is 3.31. The first kappa shape index (κ1) is 7.20. The zero-order valence-electron chi connectivity index (χ0n) is 6.18. The average molecular weight is 132 g/mol. The summed E-state index contributed by atoms with van der Waals surface area (Å²) in [5.41, 5.74) is 2.39. The second kappa shape index (κ2) is 2.37. The Kier molecular flexibility index (Phi) is 1.71. The normalized spacial score (nSPS) is 9.80. The molecule has 0 saturated carbocycles. The van der Waals surface area contributed by atoms with Gasteiger partial charge in [-0.25, -0.2) is 0 Å². The third-order valence-electron chi connectivity index (χ3n) is 1.56. The Morgan fingerprint density at radius 3 is 2.40 bits per heavy atom. The van der Waals surface area contributed by atoms with Crippen LogP contribution in [0.2, 0.25) is 0 Å². The summed E-state index contributed by atoms with van der Waals surface area (Å²) in [6.45, 7) is 3.69. The third kappa shape index (κ3) is 1.15. The first-order chi connectivity index (χ1) is 4.61. The van der Waals surface area contributed by atoms with Crippen LogP contribution in [0.5, 0.6) is 5.75 Å². The SMILES string of the molecule is [B]c1cc(C)cc(O)c1C. The van der Waals surface area contributed by atoms with Gasteiger partial charge in [0.15, 0.2) is 0 Å². The summed E-state index contributed by atoms with van der Waals surface area (Å²) in [5.74, 6) is 0.275. The van der Waals surface area contributed by atoms with Crippen LogP contribution in [0.25, 0.3) is 0 Å². The van der Waals surface area contributed by atoms with Gasteiger partial charge in [0.2, 0.25) is 0 Å². The standard InChI is InChI=1S/C8H9BO/c1-5-3-7(9)6(2)8(10)4-5/h3-4,10H,1-2H3. The molecule has 50 valence electrons. The molecule has 0 spiro atoms. The molecule has 1 nitrogen and oxygen atoms in total. The lowest BCUT2D eigenvalue weighted by molar-refractivity contribution is 0.471. The Morgan fingerprint density at radius 1 is 1.30 bits per heavy atom. The smallest absolute Gasteiger partial charge is 0.118 e. The van der Waals surface area contributed by atoms with Crippen LogP contribution < -0.4 is 5.46 Å². The van der Waals surface area contributed by atoms with Gasteiger partial charge in [0, 0.05) is 0 Å². The molecule has 0 aliphatic carbocycles. The van der Waals surface area contributed by atoms with Gasteiger partial charge in [0.05, 0.1) is 0 Å². The van der Waals surface area contributed by atoms with Gasteiger partial charge >= 0.3 is 0 Å². The molecule has 1 rings (SSSR count). The van der Waals surface area contributed by atoms with Crippen molar-refractivity contribution in [3.05, 3.63) is 23.3 Å². The first-order valence-corrected chi connectivity index (χ1v) is 3.17. The van der Waals surface area contributed by atoms with E-state index in [1.807, 2.05) is 13.0 Å². The molecule has 0 heterocycles. The number of hydrogen-bond acceptors (Lipinski definition) is 1. The van der Waals surface area contributed by atoms with Crippen molar-refractivity contribution in [3.8, 4) is 5.75 Å². The second-order valence-corrected chi connectivity index (χ2v) is 2.50. The highest BCUT2D eigenvalue weighted by Gasteiger charge is 1.98. The van der Waals surface area contributed by atoms with Crippen molar-refractivity contribution in [2.24, 2.45) is 0 Å². The topological polar surface area (TPSA) is 20.2 Å². The van der Waals surface area contributed by atoms with E-state index < -0.39 is 0 Å². The summed E-state index contributed by atoms with van der Waals surface area (Å²) >= 11 is 0. The van der Waals surface area contributed by atoms with Crippen LogP contribution in [-0.4, -0.2) is 13.0 Å². The molecule has 1 aromatic rings. The number of benzene rings is 1. The molecule has 0 bridgehead atoms. The van der Waals surface area contributed by atoms with Crippen molar-refractivity contribution in [1.82, 2.24) is 0 Å². The lowest BCUT2D eigenvalue weighted by Crippen LogP contribution is -2.07. The monoisotopic (exact) mass is 132 g/mol. The van der Waals surface area contributed by atoms with Crippen molar-refractivity contribution in [3.63, 3.8) is 0 Å². The lowest BCUT2D eigenvalue weighted by atomic mass is 9.89. The van der Waals surface area contributed by atoms with Crippen molar-refractivity contribution >= 4 is 13.3 Å². The molecule has 10 heavy (non-hydrogen) atoms. The van der Waals surface area contributed by atoms with Gasteiger partial charge in [-0.1, -0.05) is 11.5 Å². The number of phenols is 1. The highest BCUT2D eigenvalue weighted by Crippen LogP contribution is 2.13. The zero-order chi connectivity index (χ0) is 7.72. The number of rotatable bonds is 0. The van der Waals surface area contributed by atoms with E-state index in [0.717, 1.165) is 11.1 Å². The van der Waals surface area contributed by atoms with Gasteiger partial charge in [-0.05, 0) is 31.0 Å². The molecule has 0 unspecified atom stereocenters. The summed E-state index contributed by atoms with van der Waals surface area (Å²) in [7, 11) is 5.56. The predicted octanol–water partition coefficient (Wildman–Crippen LogP) is 0.803. The van der Waals surface area contributed by atoms with Crippen LogP contribution >= 0.6 is 0 Å². The van der Waals surface area contributed by atoms with E-state index in [2.05, 4.69) is 0 Å². The minimum absolute atomic E-state index is 0.275. The molecular weight excluding hydrogens is 123 g/mol. The number of aryl methyl sites for hydroxylation is 1. The summed E-state index contributed by atoms with van der Waals surface area (Å²) in [5, 5.41) is 9.20. The van der Waals surface area contributed by atoms with E-state index >= 15 is 0 Å². The maximum atomic E-state index is 9.20. The molecule has 1 aromatic carbocycles. The highest BCUT2D eigenvalue weighted by molar-refractivity contribution is 6.33. The molecule has 2 radical (unpaired) electrons. The van der Waals surface area contributed by atoms with Gasteiger partial charge < -0.3 is 5.11 Å². The molecule has 0 aliphatic rings. The average Bonchev–Trinajstić information content (AvgIpc) is 1.82. The minimum atomic E-state index is 0.275. The Morgan fingerprint density at radius 2 is 1.90 bits per heavy atom. The molecule has 0 amide bonds. The largest absolute Gasteiger partial charge is 0.508 e. The van der Waals surface area contributed by atoms with E-state index in [1.54, 1.807) is 13.0 Å². The number of hydrogen-bond donors (Lipinski definition) is 1. The maximum absolute atomic E-state index is 9.20. The van der Waals surface area contributed by atoms with Gasteiger partial charge in [-0.2, -0.15) is 0 Å². The van der Waals surface area contributed by atoms with Gasteiger partial charge in [-0.15, -0.1) is 0 Å². The maximum Gasteiger partial charge on any atom is 0.118 e. The predicted molar refractivity (Wildman–Crippen MR) is 43.0 cm³/mol. The Bertz CT molecular complexity index is 232. The third-order valence-corrected chi connectivity index (χ3v) is 1.56. The number of aromatic hydroxyl groups is 1. The van der Waals surface area contributed by atoms with Crippen LogP contribution in [0.4, 0.5) is 0 Å². The fraction of sp³-hybridized carbons (Fsp3) is 0.250. The van der Waals surface area contributed by atoms with E-state index in [1.165, 1.54) is 0 Å². The second-order valence-electron chi connectivity index (χ2n) is 2.50. The molecule has 0 fully saturated rings. The van der Waals surface area contributed by atoms with E-state index in [9.17, 15) is 5.11 Å². The summed E-state index contributed by atoms with van der Waals surface area (Å²) in [4.78, 5) is 0. The minimum Gasteiger partial charge on any atom is -0.508 e. The van der Waals surface area contributed by atoms with Crippen molar-refractivity contribution < 1.29 is 5.11 Å². The molecule has 0 saturated heterocycles. The first-order valence-electron chi connectivity index (χ1n) is 3.17. The fourth-order valence-corrected chi connectivity index (χ4v) is 0.867. The van der Waals surface area contributed by atoms with E-state index in [-0.39, 0.29) is 5.75 Å². The summed E-state index contributed by atoms with van der Waals surface area (Å²) in [6, 6.07) is 3.54. The van der Waals surface area contributed by atoms with Crippen molar-refractivity contribution in [2.75, 3.05) is 0 Å². The van der Waals surface area contributed by atoms with E-state index in [4.69, 9.17) is 7.85 Å². The highest BCUT2D eigenvalue weighted by atomic mass is 16.3. The lowest BCUT2D eigenvalue weighted by Gasteiger charge is -2.03. The van der Waals surface area contributed by atoms with Crippen LogP contribution in [0.3, 0.4) is 0 Å². The number of phenolic OH excluding ortho intramolecular Hbond substituents is 1. The summed E-state index contributed by atoms with van der Waals surface area (Å²) < 4.78 is 0. The zero-order valence-corrected chi connectivity index (χ0v) is 6.18. The molecule has 1 N–H and O–H groups in total. The van der Waals surface area contributed by atoms with Crippen molar-refractivity contribution in [2.45, 2.75) is 13.8 Å². The quantitative estimate of drug-likeness (QED) is 0.517. The fourth-order valence-electron chi connectivity index (χ4n) is 0.867. The molecule has 2 heteroatoms. The molecule has 0 atom stereocenters. The van der Waals surface area contributed by atoms with Crippen LogP contribution in [-0.2, 0) is 0 Å². The van der Waals surface area contributed by atoms with Crippen LogP contribution in [0.1, 0.15) is 11.1 Å². The molecule has 0 aromatic heterocycles. The van der Waals surface area contributed by atoms with Gasteiger partial charge in [0.25, 0.3) is 0 Å². The molecular formula is C8H9BO. The Hall–Kier alpha value is -0.915. The van der Waals surface area contributed by atoms with Gasteiger partial charge in [0.1, 0.15) is 13.6 Å². The van der Waals surface area contributed by atoms with E-state index in [0.29, 0.717) is 5.46 Å². The van der Waals surface area contributed by atoms with Crippen LogP contribution in [0, 0.1) is 13.8 Å². The summed E-state index contributed by atoms with van der Waals surface area (Å²) in [6.07, 6.45) is 0. The Labute approximate surface area is 62.1 Å². The van der Waals surface area contributed by atoms with Crippen LogP contribution in [0.15, 0.2) is 12.1 Å². The van der Waals surface area contributed by atoms with Crippen molar-refractivity contribution in [1.29, 1.82) is 0 Å².